The third kappa shape index (κ3) is 2.49. The molecule has 1 aliphatic heterocycles. The zero-order chi connectivity index (χ0) is 16.6. The lowest BCUT2D eigenvalue weighted by Gasteiger charge is -2.34. The molecule has 0 saturated carbocycles. The Kier molecular flexibility index (Phi) is 3.62. The average Bonchev–Trinajstić information content (AvgIpc) is 3.11. The van der Waals surface area contributed by atoms with E-state index in [1.54, 1.807) is 30.7 Å². The second kappa shape index (κ2) is 5.80. The van der Waals surface area contributed by atoms with Crippen molar-refractivity contribution < 1.29 is 13.0 Å². The highest BCUT2D eigenvalue weighted by molar-refractivity contribution is 7.89. The highest BCUT2D eigenvalue weighted by Crippen LogP contribution is 2.24. The van der Waals surface area contributed by atoms with Crippen LogP contribution in [0.2, 0.25) is 0 Å². The second-order valence-corrected chi connectivity index (χ2v) is 7.25. The fourth-order valence-electron chi connectivity index (χ4n) is 2.74. The molecular formula is C14H14N6O3S. The summed E-state index contributed by atoms with van der Waals surface area (Å²) in [6.07, 6.45) is 4.90. The van der Waals surface area contributed by atoms with E-state index in [0.717, 1.165) is 5.82 Å². The van der Waals surface area contributed by atoms with Crippen LogP contribution in [0.15, 0.2) is 46.3 Å². The van der Waals surface area contributed by atoms with E-state index in [1.807, 2.05) is 4.90 Å². The zero-order valence-corrected chi connectivity index (χ0v) is 13.4. The molecule has 1 aliphatic rings. The lowest BCUT2D eigenvalue weighted by Crippen LogP contribution is -2.49. The minimum atomic E-state index is -3.66. The van der Waals surface area contributed by atoms with Crippen LogP contribution in [0, 0.1) is 0 Å². The average molecular weight is 346 g/mol. The quantitative estimate of drug-likeness (QED) is 0.676. The highest BCUT2D eigenvalue weighted by atomic mass is 32.2. The minimum absolute atomic E-state index is 0.120. The van der Waals surface area contributed by atoms with Gasteiger partial charge in [0.2, 0.25) is 10.0 Å². The molecule has 0 aliphatic carbocycles. The Morgan fingerprint density at radius 1 is 1.04 bits per heavy atom. The largest absolute Gasteiger partial charge is 0.353 e. The van der Waals surface area contributed by atoms with Gasteiger partial charge in [-0.15, -0.1) is 0 Å². The van der Waals surface area contributed by atoms with Gasteiger partial charge in [-0.3, -0.25) is 4.98 Å². The number of hydrogen-bond donors (Lipinski definition) is 0. The molecule has 0 amide bonds. The summed E-state index contributed by atoms with van der Waals surface area (Å²) in [5, 5.41) is 7.42. The number of fused-ring (bicyclic) bond motifs is 1. The van der Waals surface area contributed by atoms with Crippen LogP contribution in [-0.4, -0.2) is 59.2 Å². The van der Waals surface area contributed by atoms with Crippen molar-refractivity contribution in [2.24, 2.45) is 0 Å². The summed E-state index contributed by atoms with van der Waals surface area (Å²) < 4.78 is 31.9. The van der Waals surface area contributed by atoms with Crippen LogP contribution in [0.3, 0.4) is 0 Å². The molecule has 1 saturated heterocycles. The van der Waals surface area contributed by atoms with Gasteiger partial charge in [0, 0.05) is 38.6 Å². The normalized spacial score (nSPS) is 16.6. The molecule has 0 spiro atoms. The van der Waals surface area contributed by atoms with Crippen LogP contribution in [0.1, 0.15) is 0 Å². The molecule has 0 bridgehead atoms. The molecule has 1 fully saturated rings. The Hall–Kier alpha value is -2.59. The van der Waals surface area contributed by atoms with Gasteiger partial charge >= 0.3 is 0 Å². The summed E-state index contributed by atoms with van der Waals surface area (Å²) in [6.45, 7) is 1.82. The van der Waals surface area contributed by atoms with Crippen molar-refractivity contribution in [3.05, 3.63) is 36.8 Å². The van der Waals surface area contributed by atoms with Gasteiger partial charge in [-0.2, -0.15) is 4.31 Å². The fourth-order valence-corrected chi connectivity index (χ4v) is 4.30. The molecule has 0 radical (unpaired) electrons. The zero-order valence-electron chi connectivity index (χ0n) is 12.6. The number of rotatable bonds is 3. The van der Waals surface area contributed by atoms with Gasteiger partial charge in [-0.1, -0.05) is 6.07 Å². The first-order valence-electron chi connectivity index (χ1n) is 7.39. The van der Waals surface area contributed by atoms with E-state index in [2.05, 4.69) is 24.9 Å². The summed E-state index contributed by atoms with van der Waals surface area (Å²) in [4.78, 5) is 10.4. The monoisotopic (exact) mass is 346 g/mol. The third-order valence-electron chi connectivity index (χ3n) is 3.98. The summed E-state index contributed by atoms with van der Waals surface area (Å²) in [7, 11) is -3.66. The lowest BCUT2D eigenvalue weighted by molar-refractivity contribution is 0.315. The van der Waals surface area contributed by atoms with Crippen LogP contribution in [-0.2, 0) is 10.0 Å². The first kappa shape index (κ1) is 15.0. The number of anilines is 1. The number of hydrogen-bond acceptors (Lipinski definition) is 8. The van der Waals surface area contributed by atoms with Gasteiger partial charge in [-0.25, -0.2) is 18.0 Å². The van der Waals surface area contributed by atoms with E-state index in [4.69, 9.17) is 0 Å². The molecule has 24 heavy (non-hydrogen) atoms. The summed E-state index contributed by atoms with van der Waals surface area (Å²) >= 11 is 0. The summed E-state index contributed by atoms with van der Waals surface area (Å²) in [5.41, 5.74) is 0.683. The molecule has 2 aromatic heterocycles. The Bertz CT molecular complexity index is 951. The van der Waals surface area contributed by atoms with Crippen molar-refractivity contribution in [2.75, 3.05) is 31.1 Å². The van der Waals surface area contributed by atoms with Crippen LogP contribution in [0.25, 0.3) is 11.0 Å². The predicted molar refractivity (Wildman–Crippen MR) is 84.8 cm³/mol. The Balaban J connectivity index is 1.58. The Labute approximate surface area is 137 Å². The van der Waals surface area contributed by atoms with Crippen LogP contribution in [0.5, 0.6) is 0 Å². The fraction of sp³-hybridized carbons (Fsp3) is 0.286. The molecule has 3 aromatic rings. The van der Waals surface area contributed by atoms with Crippen LogP contribution < -0.4 is 4.90 Å². The maximum absolute atomic E-state index is 12.9. The van der Waals surface area contributed by atoms with E-state index in [9.17, 15) is 8.42 Å². The molecule has 3 heterocycles. The maximum Gasteiger partial charge on any atom is 0.245 e. The third-order valence-corrected chi connectivity index (χ3v) is 5.91. The first-order chi connectivity index (χ1) is 11.7. The molecule has 0 atom stereocenters. The molecule has 4 rings (SSSR count). The highest BCUT2D eigenvalue weighted by Gasteiger charge is 2.31. The topological polar surface area (TPSA) is 105 Å². The SMILES string of the molecule is O=S(=O)(c1cccc2nonc12)N1CCN(c2cnccn2)CC1. The van der Waals surface area contributed by atoms with Crippen molar-refractivity contribution in [1.82, 2.24) is 24.6 Å². The van der Waals surface area contributed by atoms with Crippen LogP contribution >= 0.6 is 0 Å². The maximum atomic E-state index is 12.9. The summed E-state index contributed by atoms with van der Waals surface area (Å²) in [6, 6.07) is 4.82. The number of aromatic nitrogens is 4. The molecule has 9 nitrogen and oxygen atoms in total. The Morgan fingerprint density at radius 3 is 2.62 bits per heavy atom. The van der Waals surface area contributed by atoms with Crippen molar-refractivity contribution in [3.8, 4) is 0 Å². The van der Waals surface area contributed by atoms with E-state index >= 15 is 0 Å². The Morgan fingerprint density at radius 2 is 1.88 bits per heavy atom. The molecule has 10 heteroatoms. The van der Waals surface area contributed by atoms with E-state index in [-0.39, 0.29) is 10.4 Å². The van der Waals surface area contributed by atoms with E-state index in [0.29, 0.717) is 31.7 Å². The van der Waals surface area contributed by atoms with Crippen molar-refractivity contribution in [2.45, 2.75) is 4.90 Å². The van der Waals surface area contributed by atoms with Crippen molar-refractivity contribution in [1.29, 1.82) is 0 Å². The summed E-state index contributed by atoms with van der Waals surface area (Å²) in [5.74, 6) is 0.748. The molecule has 0 unspecified atom stereocenters. The number of sulfonamides is 1. The number of benzene rings is 1. The van der Waals surface area contributed by atoms with Gasteiger partial charge in [-0.05, 0) is 22.4 Å². The van der Waals surface area contributed by atoms with Crippen molar-refractivity contribution >= 4 is 26.9 Å². The van der Waals surface area contributed by atoms with Gasteiger partial charge < -0.3 is 4.90 Å². The lowest BCUT2D eigenvalue weighted by atomic mass is 10.3. The van der Waals surface area contributed by atoms with E-state index in [1.165, 1.54) is 10.4 Å². The van der Waals surface area contributed by atoms with Crippen molar-refractivity contribution in [3.63, 3.8) is 0 Å². The number of piperazine rings is 1. The standard InChI is InChI=1S/C14H14N6O3S/c21-24(22,12-3-1-2-11-14(12)18-23-17-11)20-8-6-19(7-9-20)13-10-15-4-5-16-13/h1-5,10H,6-9H2. The predicted octanol–water partition coefficient (Wildman–Crippen LogP) is 0.524. The molecule has 0 N–H and O–H groups in total. The smallest absolute Gasteiger partial charge is 0.245 e. The first-order valence-corrected chi connectivity index (χ1v) is 8.83. The van der Waals surface area contributed by atoms with Gasteiger partial charge in [0.1, 0.15) is 16.2 Å². The second-order valence-electron chi connectivity index (χ2n) is 5.34. The molecular weight excluding hydrogens is 332 g/mol. The van der Waals surface area contributed by atoms with Gasteiger partial charge in [0.25, 0.3) is 0 Å². The van der Waals surface area contributed by atoms with E-state index < -0.39 is 10.0 Å². The molecule has 124 valence electrons. The van der Waals surface area contributed by atoms with Gasteiger partial charge in [0.15, 0.2) is 5.52 Å². The minimum Gasteiger partial charge on any atom is -0.353 e. The number of nitrogens with zero attached hydrogens (tertiary/aromatic N) is 6. The van der Waals surface area contributed by atoms with Gasteiger partial charge in [0.05, 0.1) is 6.20 Å². The van der Waals surface area contributed by atoms with Crippen LogP contribution in [0.4, 0.5) is 5.82 Å². The molecule has 1 aromatic carbocycles.